The summed E-state index contributed by atoms with van der Waals surface area (Å²) in [5.74, 6) is 0.824. The van der Waals surface area contributed by atoms with Crippen LogP contribution < -0.4 is 5.32 Å². The third kappa shape index (κ3) is 4.26. The van der Waals surface area contributed by atoms with Gasteiger partial charge in [0, 0.05) is 38.8 Å². The van der Waals surface area contributed by atoms with Gasteiger partial charge in [-0.05, 0) is 24.1 Å². The fraction of sp³-hybridized carbons (Fsp3) is 0.353. The van der Waals surface area contributed by atoms with Crippen LogP contribution in [0.4, 0.5) is 0 Å². The Bertz CT molecular complexity index is 694. The van der Waals surface area contributed by atoms with Crippen LogP contribution in [0, 0.1) is 0 Å². The summed E-state index contributed by atoms with van der Waals surface area (Å²) in [4.78, 5) is 17.6. The van der Waals surface area contributed by atoms with Crippen LogP contribution in [0.25, 0.3) is 11.4 Å². The molecule has 120 valence electrons. The molecule has 6 heteroatoms. The third-order valence-electron chi connectivity index (χ3n) is 3.74. The molecule has 0 bridgehead atoms. The average Bonchev–Trinajstić information content (AvgIpc) is 3.03. The van der Waals surface area contributed by atoms with E-state index in [0.717, 1.165) is 36.7 Å². The average molecular weight is 312 g/mol. The number of aromatic nitrogens is 2. The Balaban J connectivity index is 1.59. The predicted octanol–water partition coefficient (Wildman–Crippen LogP) is 2.00. The molecule has 1 N–H and O–H groups in total. The number of pyridine rings is 1. The molecule has 3 rings (SSSR count). The summed E-state index contributed by atoms with van der Waals surface area (Å²) >= 11 is 0. The molecule has 0 aromatic carbocycles. The van der Waals surface area contributed by atoms with Crippen molar-refractivity contribution < 1.29 is 9.32 Å². The molecule has 0 unspecified atom stereocenters. The molecular formula is C17H20N4O2. The van der Waals surface area contributed by atoms with E-state index in [1.807, 2.05) is 24.3 Å². The predicted molar refractivity (Wildman–Crippen MR) is 86.4 cm³/mol. The summed E-state index contributed by atoms with van der Waals surface area (Å²) < 4.78 is 5.43. The minimum atomic E-state index is -0.00161. The molecule has 0 fully saturated rings. The minimum absolute atomic E-state index is 0.00161. The summed E-state index contributed by atoms with van der Waals surface area (Å²) in [6.07, 6.45) is 4.93. The topological polar surface area (TPSA) is 71.3 Å². The van der Waals surface area contributed by atoms with Crippen LogP contribution in [0.2, 0.25) is 0 Å². The van der Waals surface area contributed by atoms with Gasteiger partial charge in [-0.3, -0.25) is 14.7 Å². The smallest absolute Gasteiger partial charge is 0.217 e. The second-order valence-corrected chi connectivity index (χ2v) is 5.66. The van der Waals surface area contributed by atoms with E-state index in [1.165, 1.54) is 12.5 Å². The number of hydrogen-bond donors (Lipinski definition) is 1. The number of nitrogens with one attached hydrogen (secondary N) is 1. The van der Waals surface area contributed by atoms with Crippen LogP contribution >= 0.6 is 0 Å². The van der Waals surface area contributed by atoms with E-state index in [9.17, 15) is 4.79 Å². The molecule has 1 aliphatic heterocycles. The Morgan fingerprint density at radius 1 is 1.39 bits per heavy atom. The molecule has 6 nitrogen and oxygen atoms in total. The van der Waals surface area contributed by atoms with Crippen LogP contribution in [0.3, 0.4) is 0 Å². The summed E-state index contributed by atoms with van der Waals surface area (Å²) in [6.45, 7) is 4.66. The summed E-state index contributed by atoms with van der Waals surface area (Å²) in [5.41, 5.74) is 2.80. The Kier molecular flexibility index (Phi) is 4.83. The first-order valence-corrected chi connectivity index (χ1v) is 7.72. The molecule has 0 aliphatic carbocycles. The number of hydrogen-bond acceptors (Lipinski definition) is 5. The Hall–Kier alpha value is -2.47. The van der Waals surface area contributed by atoms with E-state index in [-0.39, 0.29) is 5.91 Å². The molecule has 3 heterocycles. The highest BCUT2D eigenvalue weighted by molar-refractivity contribution is 5.73. The van der Waals surface area contributed by atoms with Gasteiger partial charge in [-0.15, -0.1) is 0 Å². The van der Waals surface area contributed by atoms with Gasteiger partial charge in [0.05, 0.1) is 12.2 Å². The van der Waals surface area contributed by atoms with E-state index in [1.54, 1.807) is 6.20 Å². The standard InChI is InChI=1S/C17H20N4O2/c1-13(22)19-10-14-5-4-8-21(11-14)12-15-9-17(20-23-15)16-6-2-3-7-18-16/h2-3,5-7,9H,4,8,10-12H2,1H3,(H,19,22). The summed E-state index contributed by atoms with van der Waals surface area (Å²) in [6, 6.07) is 7.66. The number of carbonyl (C=O) groups is 1. The number of nitrogens with zero attached hydrogens (tertiary/aromatic N) is 3. The van der Waals surface area contributed by atoms with Gasteiger partial charge in [-0.2, -0.15) is 0 Å². The van der Waals surface area contributed by atoms with E-state index in [2.05, 4.69) is 26.4 Å². The van der Waals surface area contributed by atoms with Gasteiger partial charge in [0.2, 0.25) is 5.91 Å². The second-order valence-electron chi connectivity index (χ2n) is 5.66. The largest absolute Gasteiger partial charge is 0.359 e. The SMILES string of the molecule is CC(=O)NCC1=CCCN(Cc2cc(-c3ccccn3)no2)C1. The zero-order valence-electron chi connectivity index (χ0n) is 13.2. The van der Waals surface area contributed by atoms with Gasteiger partial charge < -0.3 is 9.84 Å². The lowest BCUT2D eigenvalue weighted by atomic mass is 10.1. The Morgan fingerprint density at radius 3 is 3.09 bits per heavy atom. The van der Waals surface area contributed by atoms with Crippen LogP contribution in [0.5, 0.6) is 0 Å². The zero-order valence-corrected chi connectivity index (χ0v) is 13.2. The molecule has 1 amide bonds. The highest BCUT2D eigenvalue weighted by Gasteiger charge is 2.16. The lowest BCUT2D eigenvalue weighted by molar-refractivity contribution is -0.118. The van der Waals surface area contributed by atoms with Gasteiger partial charge in [0.1, 0.15) is 5.69 Å². The summed E-state index contributed by atoms with van der Waals surface area (Å²) in [7, 11) is 0. The molecule has 23 heavy (non-hydrogen) atoms. The molecule has 0 saturated carbocycles. The van der Waals surface area contributed by atoms with Crippen molar-refractivity contribution in [2.75, 3.05) is 19.6 Å². The Labute approximate surface area is 135 Å². The zero-order chi connectivity index (χ0) is 16.1. The molecule has 2 aromatic rings. The Morgan fingerprint density at radius 2 is 2.30 bits per heavy atom. The maximum absolute atomic E-state index is 11.0. The highest BCUT2D eigenvalue weighted by atomic mass is 16.5. The normalized spacial score (nSPS) is 15.3. The molecule has 0 spiro atoms. The molecule has 2 aromatic heterocycles. The second kappa shape index (κ2) is 7.19. The van der Waals surface area contributed by atoms with Crippen molar-refractivity contribution in [1.82, 2.24) is 20.4 Å². The van der Waals surface area contributed by atoms with Gasteiger partial charge in [-0.1, -0.05) is 17.3 Å². The fourth-order valence-electron chi connectivity index (χ4n) is 2.63. The van der Waals surface area contributed by atoms with Crippen LogP contribution in [0.15, 0.2) is 46.6 Å². The van der Waals surface area contributed by atoms with Crippen LogP contribution in [0.1, 0.15) is 19.1 Å². The maximum Gasteiger partial charge on any atom is 0.217 e. The molecule has 0 radical (unpaired) electrons. The van der Waals surface area contributed by atoms with Gasteiger partial charge in [0.15, 0.2) is 5.76 Å². The number of rotatable bonds is 5. The third-order valence-corrected chi connectivity index (χ3v) is 3.74. The molecular weight excluding hydrogens is 292 g/mol. The van der Waals surface area contributed by atoms with E-state index in [0.29, 0.717) is 13.1 Å². The van der Waals surface area contributed by atoms with E-state index >= 15 is 0 Å². The van der Waals surface area contributed by atoms with Crippen molar-refractivity contribution in [3.05, 3.63) is 47.9 Å². The van der Waals surface area contributed by atoms with Gasteiger partial charge in [-0.25, -0.2) is 0 Å². The number of amides is 1. The summed E-state index contributed by atoms with van der Waals surface area (Å²) in [5, 5.41) is 6.94. The van der Waals surface area contributed by atoms with Crippen molar-refractivity contribution in [2.45, 2.75) is 19.9 Å². The molecule has 1 aliphatic rings. The minimum Gasteiger partial charge on any atom is -0.359 e. The van der Waals surface area contributed by atoms with E-state index < -0.39 is 0 Å². The van der Waals surface area contributed by atoms with Crippen LogP contribution in [-0.4, -0.2) is 40.6 Å². The lowest BCUT2D eigenvalue weighted by Crippen LogP contribution is -2.33. The van der Waals surface area contributed by atoms with E-state index in [4.69, 9.17) is 4.52 Å². The molecule has 0 saturated heterocycles. The van der Waals surface area contributed by atoms with Gasteiger partial charge >= 0.3 is 0 Å². The van der Waals surface area contributed by atoms with Gasteiger partial charge in [0.25, 0.3) is 0 Å². The van der Waals surface area contributed by atoms with Crippen molar-refractivity contribution in [1.29, 1.82) is 0 Å². The van der Waals surface area contributed by atoms with Crippen molar-refractivity contribution in [3.8, 4) is 11.4 Å². The first-order valence-electron chi connectivity index (χ1n) is 7.72. The van der Waals surface area contributed by atoms with Crippen molar-refractivity contribution in [2.24, 2.45) is 0 Å². The first kappa shape index (κ1) is 15.4. The monoisotopic (exact) mass is 312 g/mol. The maximum atomic E-state index is 11.0. The number of carbonyl (C=O) groups excluding carboxylic acids is 1. The van der Waals surface area contributed by atoms with Crippen LogP contribution in [-0.2, 0) is 11.3 Å². The lowest BCUT2D eigenvalue weighted by Gasteiger charge is -2.26. The van der Waals surface area contributed by atoms with Crippen molar-refractivity contribution in [3.63, 3.8) is 0 Å². The quantitative estimate of drug-likeness (QED) is 0.855. The highest BCUT2D eigenvalue weighted by Crippen LogP contribution is 2.19. The first-order chi connectivity index (χ1) is 11.2. The fourth-order valence-corrected chi connectivity index (χ4v) is 2.63. The van der Waals surface area contributed by atoms with Crippen molar-refractivity contribution >= 4 is 5.91 Å². The molecule has 0 atom stereocenters.